The summed E-state index contributed by atoms with van der Waals surface area (Å²) in [6.45, 7) is 6.18. The standard InChI is InChI=1S/C17H25NO4/c1-4-22-13-9-17(15(20)21,16(13,2)3)18-14(19)12-8-10-5-6-11(12)7-10/h5-6,10-13H,4,7-9H2,1-3H3,(H,18,19)(H,20,21). The van der Waals surface area contributed by atoms with Crippen LogP contribution in [0.1, 0.15) is 40.0 Å². The molecule has 3 rings (SSSR count). The number of carbonyl (C=O) groups excluding carboxylic acids is 1. The molecule has 0 aromatic heterocycles. The second-order valence-corrected chi connectivity index (χ2v) is 7.46. The van der Waals surface area contributed by atoms with E-state index in [0.29, 0.717) is 18.9 Å². The fourth-order valence-corrected chi connectivity index (χ4v) is 4.42. The summed E-state index contributed by atoms with van der Waals surface area (Å²) < 4.78 is 5.63. The maximum atomic E-state index is 12.7. The molecule has 2 N–H and O–H groups in total. The molecule has 2 saturated carbocycles. The third-order valence-corrected chi connectivity index (χ3v) is 6.08. The van der Waals surface area contributed by atoms with Crippen molar-refractivity contribution in [2.75, 3.05) is 6.61 Å². The summed E-state index contributed by atoms with van der Waals surface area (Å²) in [7, 11) is 0. The molecule has 122 valence electrons. The Morgan fingerprint density at radius 1 is 1.32 bits per heavy atom. The van der Waals surface area contributed by atoms with Gasteiger partial charge in [0.05, 0.1) is 6.10 Å². The maximum Gasteiger partial charge on any atom is 0.330 e. The van der Waals surface area contributed by atoms with Gasteiger partial charge in [-0.3, -0.25) is 4.79 Å². The summed E-state index contributed by atoms with van der Waals surface area (Å²) in [5, 5.41) is 12.6. The van der Waals surface area contributed by atoms with Crippen molar-refractivity contribution in [2.45, 2.75) is 51.7 Å². The molecule has 5 heteroatoms. The quantitative estimate of drug-likeness (QED) is 0.762. The van der Waals surface area contributed by atoms with Crippen molar-refractivity contribution >= 4 is 11.9 Å². The monoisotopic (exact) mass is 307 g/mol. The minimum atomic E-state index is -1.21. The molecule has 2 bridgehead atoms. The Hall–Kier alpha value is -1.36. The number of amides is 1. The summed E-state index contributed by atoms with van der Waals surface area (Å²) >= 11 is 0. The van der Waals surface area contributed by atoms with Gasteiger partial charge in [0.15, 0.2) is 0 Å². The average Bonchev–Trinajstić information content (AvgIpc) is 3.08. The number of aliphatic carboxylic acids is 1. The van der Waals surface area contributed by atoms with Crippen molar-refractivity contribution in [3.63, 3.8) is 0 Å². The van der Waals surface area contributed by atoms with Crippen molar-refractivity contribution in [3.8, 4) is 0 Å². The summed E-state index contributed by atoms with van der Waals surface area (Å²) in [5.74, 6) is -0.371. The van der Waals surface area contributed by atoms with Crippen LogP contribution in [0.15, 0.2) is 12.2 Å². The lowest BCUT2D eigenvalue weighted by atomic mass is 9.54. The summed E-state index contributed by atoms with van der Waals surface area (Å²) in [6.07, 6.45) is 6.38. The highest BCUT2D eigenvalue weighted by atomic mass is 16.5. The fraction of sp³-hybridized carbons (Fsp3) is 0.765. The Morgan fingerprint density at radius 2 is 2.05 bits per heavy atom. The molecule has 5 unspecified atom stereocenters. The minimum absolute atomic E-state index is 0.0758. The molecule has 1 amide bonds. The van der Waals surface area contributed by atoms with Crippen molar-refractivity contribution < 1.29 is 19.4 Å². The number of carboxylic acids is 1. The first-order valence-corrected chi connectivity index (χ1v) is 8.17. The highest BCUT2D eigenvalue weighted by molar-refractivity contribution is 5.90. The molecule has 2 fully saturated rings. The van der Waals surface area contributed by atoms with E-state index in [9.17, 15) is 14.7 Å². The van der Waals surface area contributed by atoms with Gasteiger partial charge in [0.25, 0.3) is 0 Å². The van der Waals surface area contributed by atoms with Crippen LogP contribution in [0.5, 0.6) is 0 Å². The third kappa shape index (κ3) is 2.02. The second-order valence-electron chi connectivity index (χ2n) is 7.46. The molecule has 0 aliphatic heterocycles. The Balaban J connectivity index is 1.75. The lowest BCUT2D eigenvalue weighted by molar-refractivity contribution is -0.195. The van der Waals surface area contributed by atoms with E-state index in [1.807, 2.05) is 20.8 Å². The Labute approximate surface area is 131 Å². The van der Waals surface area contributed by atoms with Gasteiger partial charge >= 0.3 is 5.97 Å². The Kier molecular flexibility index (Phi) is 3.59. The van der Waals surface area contributed by atoms with Gasteiger partial charge in [-0.05, 0) is 31.6 Å². The molecule has 0 heterocycles. The molecule has 5 nitrogen and oxygen atoms in total. The number of allylic oxidation sites excluding steroid dienone is 2. The van der Waals surface area contributed by atoms with E-state index < -0.39 is 16.9 Å². The number of fused-ring (bicyclic) bond motifs is 2. The lowest BCUT2D eigenvalue weighted by Gasteiger charge is -2.58. The maximum absolute atomic E-state index is 12.7. The van der Waals surface area contributed by atoms with Gasteiger partial charge in [-0.1, -0.05) is 26.0 Å². The largest absolute Gasteiger partial charge is 0.479 e. The van der Waals surface area contributed by atoms with E-state index >= 15 is 0 Å². The summed E-state index contributed by atoms with van der Waals surface area (Å²) in [4.78, 5) is 24.5. The molecule has 0 saturated heterocycles. The first-order chi connectivity index (χ1) is 10.3. The van der Waals surface area contributed by atoms with E-state index in [4.69, 9.17) is 4.74 Å². The van der Waals surface area contributed by atoms with Crippen molar-refractivity contribution in [1.82, 2.24) is 5.32 Å². The van der Waals surface area contributed by atoms with Crippen LogP contribution in [0.3, 0.4) is 0 Å². The zero-order chi connectivity index (χ0) is 16.1. The first kappa shape index (κ1) is 15.5. The van der Waals surface area contributed by atoms with E-state index in [1.165, 1.54) is 0 Å². The van der Waals surface area contributed by atoms with E-state index in [-0.39, 0.29) is 23.8 Å². The summed E-state index contributed by atoms with van der Waals surface area (Å²) in [6, 6.07) is 0. The molecule has 0 radical (unpaired) electrons. The second kappa shape index (κ2) is 5.08. The number of nitrogens with one attached hydrogen (secondary N) is 1. The van der Waals surface area contributed by atoms with Crippen molar-refractivity contribution in [2.24, 2.45) is 23.2 Å². The highest BCUT2D eigenvalue weighted by Crippen LogP contribution is 2.52. The molecule has 0 aromatic rings. The smallest absolute Gasteiger partial charge is 0.330 e. The Bertz CT molecular complexity index is 527. The lowest BCUT2D eigenvalue weighted by Crippen LogP contribution is -2.76. The average molecular weight is 307 g/mol. The summed E-state index contributed by atoms with van der Waals surface area (Å²) in [5.41, 5.74) is -1.83. The normalized spacial score (nSPS) is 41.2. The van der Waals surface area contributed by atoms with Gasteiger partial charge in [0, 0.05) is 24.4 Å². The molecule has 0 spiro atoms. The number of rotatable bonds is 5. The highest BCUT2D eigenvalue weighted by Gasteiger charge is 2.66. The minimum Gasteiger partial charge on any atom is -0.479 e. The number of hydrogen-bond acceptors (Lipinski definition) is 3. The van der Waals surface area contributed by atoms with Crippen LogP contribution in [0.2, 0.25) is 0 Å². The molecular formula is C17H25NO4. The number of ether oxygens (including phenoxy) is 1. The van der Waals surface area contributed by atoms with E-state index in [1.54, 1.807) is 0 Å². The number of carbonyl (C=O) groups is 2. The van der Waals surface area contributed by atoms with Crippen LogP contribution < -0.4 is 5.32 Å². The van der Waals surface area contributed by atoms with Crippen LogP contribution in [0.25, 0.3) is 0 Å². The zero-order valence-corrected chi connectivity index (χ0v) is 13.5. The van der Waals surface area contributed by atoms with Gasteiger partial charge < -0.3 is 15.2 Å². The number of carboxylic acid groups (broad SMARTS) is 1. The Morgan fingerprint density at radius 3 is 2.50 bits per heavy atom. The van der Waals surface area contributed by atoms with E-state index in [0.717, 1.165) is 12.8 Å². The predicted octanol–water partition coefficient (Wildman–Crippen LogP) is 1.97. The molecule has 0 aromatic carbocycles. The van der Waals surface area contributed by atoms with E-state index in [2.05, 4.69) is 17.5 Å². The van der Waals surface area contributed by atoms with Gasteiger partial charge in [-0.2, -0.15) is 0 Å². The van der Waals surface area contributed by atoms with Crippen LogP contribution in [-0.4, -0.2) is 35.2 Å². The molecular weight excluding hydrogens is 282 g/mol. The van der Waals surface area contributed by atoms with Crippen LogP contribution in [-0.2, 0) is 14.3 Å². The van der Waals surface area contributed by atoms with Crippen LogP contribution in [0, 0.1) is 23.2 Å². The third-order valence-electron chi connectivity index (χ3n) is 6.08. The number of hydrogen-bond donors (Lipinski definition) is 2. The molecule has 3 aliphatic rings. The van der Waals surface area contributed by atoms with Gasteiger partial charge in [-0.15, -0.1) is 0 Å². The van der Waals surface area contributed by atoms with Gasteiger partial charge in [0.1, 0.15) is 5.54 Å². The zero-order valence-electron chi connectivity index (χ0n) is 13.5. The molecule has 3 aliphatic carbocycles. The first-order valence-electron chi connectivity index (χ1n) is 8.17. The molecule has 22 heavy (non-hydrogen) atoms. The van der Waals surface area contributed by atoms with Crippen molar-refractivity contribution in [1.29, 1.82) is 0 Å². The van der Waals surface area contributed by atoms with Gasteiger partial charge in [0.2, 0.25) is 5.91 Å². The SMILES string of the molecule is CCOC1CC(NC(=O)C2CC3C=CC2C3)(C(=O)O)C1(C)C. The van der Waals surface area contributed by atoms with Crippen LogP contribution >= 0.6 is 0 Å². The predicted molar refractivity (Wildman–Crippen MR) is 81.2 cm³/mol. The fourth-order valence-electron chi connectivity index (χ4n) is 4.42. The van der Waals surface area contributed by atoms with Crippen LogP contribution in [0.4, 0.5) is 0 Å². The molecule has 5 atom stereocenters. The van der Waals surface area contributed by atoms with Crippen molar-refractivity contribution in [3.05, 3.63) is 12.2 Å². The topological polar surface area (TPSA) is 75.6 Å². The van der Waals surface area contributed by atoms with Gasteiger partial charge in [-0.25, -0.2) is 4.79 Å².